The summed E-state index contributed by atoms with van der Waals surface area (Å²) in [6.45, 7) is -0.923. The summed E-state index contributed by atoms with van der Waals surface area (Å²) in [7, 11) is 0. The summed E-state index contributed by atoms with van der Waals surface area (Å²) in [6, 6.07) is 2.75. The van der Waals surface area contributed by atoms with Gasteiger partial charge < -0.3 is 60.5 Å². The first-order valence-corrected chi connectivity index (χ1v) is 9.44. The number of ether oxygens (including phenoxy) is 2. The standard InChI is InChI=1S/C20H20O14/c21-8-1-6(2-9(22)13(8)25)17(29)20(32)18(30)16(28)15(27)12(34-20)5-33-19(31)7-3-10(23)14(26)11(24)4-7/h1-4,12,15-16,18,21-28,30,32H,5H2/t12-,15-,16+,18-,20-/m1/s1. The fraction of sp³-hybridized carbons (Fsp3) is 0.300. The van der Waals surface area contributed by atoms with Gasteiger partial charge >= 0.3 is 5.97 Å². The van der Waals surface area contributed by atoms with Crippen molar-refractivity contribution in [2.24, 2.45) is 0 Å². The maximum Gasteiger partial charge on any atom is 0.338 e. The lowest BCUT2D eigenvalue weighted by atomic mass is 9.87. The summed E-state index contributed by atoms with van der Waals surface area (Å²) < 4.78 is 9.90. The van der Waals surface area contributed by atoms with Crippen molar-refractivity contribution in [2.45, 2.75) is 30.2 Å². The molecule has 14 nitrogen and oxygen atoms in total. The molecular formula is C20H20O14. The van der Waals surface area contributed by atoms with E-state index in [-0.39, 0.29) is 0 Å². The highest BCUT2D eigenvalue weighted by Crippen LogP contribution is 2.39. The van der Waals surface area contributed by atoms with Crippen molar-refractivity contribution in [3.63, 3.8) is 0 Å². The molecule has 0 amide bonds. The van der Waals surface area contributed by atoms with Crippen LogP contribution >= 0.6 is 0 Å². The Labute approximate surface area is 189 Å². The van der Waals surface area contributed by atoms with E-state index in [1.807, 2.05) is 0 Å². The molecule has 3 rings (SSSR count). The Morgan fingerprint density at radius 1 is 0.794 bits per heavy atom. The van der Waals surface area contributed by atoms with E-state index in [4.69, 9.17) is 9.47 Å². The van der Waals surface area contributed by atoms with Crippen LogP contribution < -0.4 is 0 Å². The number of aromatic hydroxyl groups is 6. The number of aliphatic hydroxyl groups is 4. The van der Waals surface area contributed by atoms with Gasteiger partial charge in [0.05, 0.1) is 5.56 Å². The third-order valence-electron chi connectivity index (χ3n) is 5.13. The Morgan fingerprint density at radius 3 is 1.71 bits per heavy atom. The fourth-order valence-electron chi connectivity index (χ4n) is 3.23. The number of phenols is 6. The number of esters is 1. The number of aliphatic hydroxyl groups excluding tert-OH is 3. The van der Waals surface area contributed by atoms with Crippen molar-refractivity contribution >= 4 is 11.8 Å². The number of ketones is 1. The molecule has 1 saturated heterocycles. The maximum atomic E-state index is 12.8. The van der Waals surface area contributed by atoms with E-state index < -0.39 is 94.2 Å². The van der Waals surface area contributed by atoms with Gasteiger partial charge in [0, 0.05) is 5.56 Å². The molecular weight excluding hydrogens is 464 g/mol. The molecule has 1 fully saturated rings. The molecule has 34 heavy (non-hydrogen) atoms. The molecule has 0 radical (unpaired) electrons. The van der Waals surface area contributed by atoms with Crippen LogP contribution in [0.1, 0.15) is 20.7 Å². The normalized spacial score (nSPS) is 26.7. The van der Waals surface area contributed by atoms with E-state index >= 15 is 0 Å². The van der Waals surface area contributed by atoms with E-state index in [1.54, 1.807) is 0 Å². The molecule has 0 saturated carbocycles. The second-order valence-electron chi connectivity index (χ2n) is 7.43. The Bertz CT molecular complexity index is 1080. The van der Waals surface area contributed by atoms with Gasteiger partial charge in [0.25, 0.3) is 5.79 Å². The van der Waals surface area contributed by atoms with Gasteiger partial charge in [-0.2, -0.15) is 0 Å². The molecule has 14 heteroatoms. The average molecular weight is 484 g/mol. The monoisotopic (exact) mass is 484 g/mol. The zero-order valence-corrected chi connectivity index (χ0v) is 16.9. The minimum Gasteiger partial charge on any atom is -0.504 e. The van der Waals surface area contributed by atoms with E-state index in [0.717, 1.165) is 12.1 Å². The predicted octanol–water partition coefficient (Wildman–Crippen LogP) is -1.87. The Morgan fingerprint density at radius 2 is 1.24 bits per heavy atom. The SMILES string of the molecule is O=C(OC[C@H]1O[C@](O)(C(=O)c2cc(O)c(O)c(O)c2)[C@H](O)[C@@H](O)[C@@H]1O)c1cc(O)c(O)c(O)c1. The fourth-order valence-corrected chi connectivity index (χ4v) is 3.23. The van der Waals surface area contributed by atoms with Crippen LogP contribution in [-0.2, 0) is 9.47 Å². The van der Waals surface area contributed by atoms with Gasteiger partial charge in [0.15, 0.2) is 34.5 Å². The van der Waals surface area contributed by atoms with Crippen LogP contribution in [0.25, 0.3) is 0 Å². The second-order valence-corrected chi connectivity index (χ2v) is 7.43. The lowest BCUT2D eigenvalue weighted by Gasteiger charge is -2.44. The number of carbonyl (C=O) groups is 2. The lowest BCUT2D eigenvalue weighted by Crippen LogP contribution is -2.68. The van der Waals surface area contributed by atoms with Crippen LogP contribution in [0.3, 0.4) is 0 Å². The van der Waals surface area contributed by atoms with Gasteiger partial charge in [-0.25, -0.2) is 4.79 Å². The molecule has 5 atom stereocenters. The van der Waals surface area contributed by atoms with Crippen molar-refractivity contribution < 1.29 is 70.1 Å². The topological polar surface area (TPSA) is 255 Å². The minimum absolute atomic E-state index is 0.444. The summed E-state index contributed by atoms with van der Waals surface area (Å²) in [5.74, 6) is -11.4. The number of benzene rings is 2. The number of carbonyl (C=O) groups excluding carboxylic acids is 2. The van der Waals surface area contributed by atoms with E-state index in [9.17, 15) is 60.7 Å². The van der Waals surface area contributed by atoms with Gasteiger partial charge in [0.1, 0.15) is 31.0 Å². The third-order valence-corrected chi connectivity index (χ3v) is 5.13. The van der Waals surface area contributed by atoms with E-state index in [0.29, 0.717) is 12.1 Å². The number of Topliss-reactive ketones (excluding diaryl/α,β-unsaturated/α-hetero) is 1. The van der Waals surface area contributed by atoms with Crippen molar-refractivity contribution in [3.8, 4) is 34.5 Å². The van der Waals surface area contributed by atoms with Crippen LogP contribution in [-0.4, -0.2) is 99.6 Å². The molecule has 10 N–H and O–H groups in total. The minimum atomic E-state index is -3.26. The molecule has 0 bridgehead atoms. The summed E-state index contributed by atoms with van der Waals surface area (Å²) in [5.41, 5.74) is -1.11. The molecule has 0 aromatic heterocycles. The first-order chi connectivity index (χ1) is 15.8. The van der Waals surface area contributed by atoms with Crippen molar-refractivity contribution in [1.82, 2.24) is 0 Å². The summed E-state index contributed by atoms with van der Waals surface area (Å²) in [6.07, 6.45) is -8.44. The van der Waals surface area contributed by atoms with Gasteiger partial charge in [0.2, 0.25) is 5.78 Å². The average Bonchev–Trinajstić information content (AvgIpc) is 2.79. The zero-order valence-electron chi connectivity index (χ0n) is 16.9. The molecule has 2 aromatic carbocycles. The summed E-state index contributed by atoms with van der Waals surface area (Å²) in [4.78, 5) is 25.0. The van der Waals surface area contributed by atoms with Crippen LogP contribution in [0.2, 0.25) is 0 Å². The molecule has 0 spiro atoms. The molecule has 0 unspecified atom stereocenters. The van der Waals surface area contributed by atoms with Crippen LogP contribution in [0, 0.1) is 0 Å². The van der Waals surface area contributed by atoms with Crippen molar-refractivity contribution in [1.29, 1.82) is 0 Å². The quantitative estimate of drug-likeness (QED) is 0.127. The number of hydrogen-bond donors (Lipinski definition) is 10. The van der Waals surface area contributed by atoms with Gasteiger partial charge in [-0.15, -0.1) is 0 Å². The highest BCUT2D eigenvalue weighted by Gasteiger charge is 2.57. The summed E-state index contributed by atoms with van der Waals surface area (Å²) >= 11 is 0. The molecule has 184 valence electrons. The van der Waals surface area contributed by atoms with Crippen molar-refractivity contribution in [2.75, 3.05) is 6.61 Å². The molecule has 0 aliphatic carbocycles. The highest BCUT2D eigenvalue weighted by molar-refractivity contribution is 6.03. The Balaban J connectivity index is 1.83. The smallest absolute Gasteiger partial charge is 0.338 e. The maximum absolute atomic E-state index is 12.8. The molecule has 2 aromatic rings. The van der Waals surface area contributed by atoms with E-state index in [2.05, 4.69) is 0 Å². The Kier molecular flexibility index (Phi) is 6.46. The molecule has 1 aliphatic rings. The first-order valence-electron chi connectivity index (χ1n) is 9.44. The van der Waals surface area contributed by atoms with E-state index in [1.165, 1.54) is 0 Å². The van der Waals surface area contributed by atoms with Crippen molar-refractivity contribution in [3.05, 3.63) is 35.4 Å². The number of rotatable bonds is 5. The van der Waals surface area contributed by atoms with Crippen LogP contribution in [0.4, 0.5) is 0 Å². The van der Waals surface area contributed by atoms with Gasteiger partial charge in [-0.1, -0.05) is 0 Å². The van der Waals surface area contributed by atoms with Gasteiger partial charge in [-0.3, -0.25) is 4.79 Å². The summed E-state index contributed by atoms with van der Waals surface area (Å²) in [5, 5.41) is 98.0. The van der Waals surface area contributed by atoms with Crippen LogP contribution in [0.5, 0.6) is 34.5 Å². The predicted molar refractivity (Wildman–Crippen MR) is 105 cm³/mol. The molecule has 1 heterocycles. The zero-order chi connectivity index (χ0) is 25.5. The number of hydrogen-bond acceptors (Lipinski definition) is 14. The third kappa shape index (κ3) is 4.23. The largest absolute Gasteiger partial charge is 0.504 e. The van der Waals surface area contributed by atoms with Crippen LogP contribution in [0.15, 0.2) is 24.3 Å². The highest BCUT2D eigenvalue weighted by atomic mass is 16.7. The first kappa shape index (κ1) is 24.8. The number of phenolic OH excluding ortho intramolecular Hbond substituents is 6. The van der Waals surface area contributed by atoms with Gasteiger partial charge in [-0.05, 0) is 24.3 Å². The lowest BCUT2D eigenvalue weighted by molar-refractivity contribution is -0.322. The molecule has 1 aliphatic heterocycles. The second kappa shape index (κ2) is 8.85. The Hall–Kier alpha value is -3.82.